The maximum Gasteiger partial charge on any atom is 0.323 e. The number of carbonyl (C=O) groups excluding carboxylic acids is 2. The number of benzene rings is 1. The lowest BCUT2D eigenvalue weighted by Gasteiger charge is -2.25. The van der Waals surface area contributed by atoms with Gasteiger partial charge in [-0.1, -0.05) is 18.2 Å². The van der Waals surface area contributed by atoms with Crippen molar-refractivity contribution in [3.05, 3.63) is 29.8 Å². The van der Waals surface area contributed by atoms with E-state index in [1.165, 1.54) is 7.11 Å². The molecule has 0 heterocycles. The Morgan fingerprint density at radius 3 is 2.39 bits per heavy atom. The van der Waals surface area contributed by atoms with Crippen LogP contribution in [0.15, 0.2) is 24.3 Å². The van der Waals surface area contributed by atoms with Crippen LogP contribution in [-0.2, 0) is 30.3 Å². The summed E-state index contributed by atoms with van der Waals surface area (Å²) in [6.07, 6.45) is 0.926. The maximum absolute atomic E-state index is 12.7. The van der Waals surface area contributed by atoms with Crippen molar-refractivity contribution < 1.29 is 34.1 Å². The predicted octanol–water partition coefficient (Wildman–Crippen LogP) is 1.37. The zero-order valence-electron chi connectivity index (χ0n) is 16.0. The van der Waals surface area contributed by atoms with E-state index in [1.807, 2.05) is 12.1 Å². The third-order valence-electron chi connectivity index (χ3n) is 4.05. The molecule has 1 aromatic carbocycles. The molecule has 1 aromatic rings. The SMILES string of the molecule is COC(=O)CCN(CC(=O)O)C(=O)C(C)Nc1ccccc1CCCC(=O)O. The molecular formula is C19H26N2O7. The number of carbonyl (C=O) groups is 4. The lowest BCUT2D eigenvalue weighted by Crippen LogP contribution is -2.44. The van der Waals surface area contributed by atoms with E-state index < -0.39 is 36.4 Å². The summed E-state index contributed by atoms with van der Waals surface area (Å²) >= 11 is 0. The minimum Gasteiger partial charge on any atom is -0.481 e. The fraction of sp³-hybridized carbons (Fsp3) is 0.474. The fourth-order valence-electron chi connectivity index (χ4n) is 2.64. The van der Waals surface area contributed by atoms with Crippen LogP contribution in [-0.4, -0.2) is 65.2 Å². The molecule has 0 spiro atoms. The average Bonchev–Trinajstić information content (AvgIpc) is 2.64. The Kier molecular flexibility index (Phi) is 9.49. The standard InChI is InChI=1S/C19H26N2O7/c1-13(19(27)21(12-17(24)25)11-10-18(26)28-2)20-15-8-4-3-6-14(15)7-5-9-16(22)23/h3-4,6,8,13,20H,5,7,9-12H2,1-2H3,(H,22,23)(H,24,25). The molecule has 0 aliphatic rings. The second-order valence-corrected chi connectivity index (χ2v) is 6.25. The highest BCUT2D eigenvalue weighted by Crippen LogP contribution is 2.19. The van der Waals surface area contributed by atoms with Gasteiger partial charge in [-0.3, -0.25) is 19.2 Å². The Bertz CT molecular complexity index is 705. The molecular weight excluding hydrogens is 368 g/mol. The molecule has 0 bridgehead atoms. The summed E-state index contributed by atoms with van der Waals surface area (Å²) in [5.41, 5.74) is 1.54. The number of carboxylic acids is 2. The molecule has 28 heavy (non-hydrogen) atoms. The van der Waals surface area contributed by atoms with Crippen LogP contribution in [0.3, 0.4) is 0 Å². The van der Waals surface area contributed by atoms with Crippen LogP contribution in [0.4, 0.5) is 5.69 Å². The van der Waals surface area contributed by atoms with Gasteiger partial charge in [-0.05, 0) is 31.4 Å². The molecule has 0 aliphatic heterocycles. The molecule has 0 saturated carbocycles. The van der Waals surface area contributed by atoms with Crippen LogP contribution in [0.2, 0.25) is 0 Å². The number of carboxylic acid groups (broad SMARTS) is 2. The van der Waals surface area contributed by atoms with Crippen molar-refractivity contribution in [2.24, 2.45) is 0 Å². The van der Waals surface area contributed by atoms with Gasteiger partial charge in [-0.15, -0.1) is 0 Å². The Morgan fingerprint density at radius 1 is 1.11 bits per heavy atom. The lowest BCUT2D eigenvalue weighted by atomic mass is 10.1. The number of anilines is 1. The van der Waals surface area contributed by atoms with Gasteiger partial charge >= 0.3 is 17.9 Å². The van der Waals surface area contributed by atoms with Crippen molar-refractivity contribution in [1.29, 1.82) is 0 Å². The number of nitrogens with zero attached hydrogens (tertiary/aromatic N) is 1. The van der Waals surface area contributed by atoms with Crippen LogP contribution in [0, 0.1) is 0 Å². The van der Waals surface area contributed by atoms with Crippen LogP contribution in [0.5, 0.6) is 0 Å². The molecule has 9 nitrogen and oxygen atoms in total. The summed E-state index contributed by atoms with van der Waals surface area (Å²) in [5.74, 6) is -3.05. The number of amides is 1. The van der Waals surface area contributed by atoms with Crippen molar-refractivity contribution in [2.75, 3.05) is 25.5 Å². The van der Waals surface area contributed by atoms with Gasteiger partial charge in [-0.2, -0.15) is 0 Å². The van der Waals surface area contributed by atoms with Crippen LogP contribution in [0.25, 0.3) is 0 Å². The summed E-state index contributed by atoms with van der Waals surface area (Å²) in [5, 5.41) is 20.9. The highest BCUT2D eigenvalue weighted by Gasteiger charge is 2.23. The molecule has 0 saturated heterocycles. The van der Waals surface area contributed by atoms with E-state index in [-0.39, 0.29) is 19.4 Å². The van der Waals surface area contributed by atoms with Crippen molar-refractivity contribution in [2.45, 2.75) is 38.6 Å². The third kappa shape index (κ3) is 8.07. The molecule has 1 unspecified atom stereocenters. The van der Waals surface area contributed by atoms with Crippen molar-refractivity contribution in [3.63, 3.8) is 0 Å². The van der Waals surface area contributed by atoms with Gasteiger partial charge in [0.25, 0.3) is 0 Å². The summed E-state index contributed by atoms with van der Waals surface area (Å²) in [6, 6.07) is 6.48. The van der Waals surface area contributed by atoms with E-state index in [2.05, 4.69) is 10.1 Å². The number of aryl methyl sites for hydroxylation is 1. The molecule has 1 amide bonds. The minimum absolute atomic E-state index is 0.0444. The quantitative estimate of drug-likeness (QED) is 0.453. The monoisotopic (exact) mass is 394 g/mol. The van der Waals surface area contributed by atoms with Crippen molar-refractivity contribution in [1.82, 2.24) is 4.90 Å². The third-order valence-corrected chi connectivity index (χ3v) is 4.05. The Hall–Kier alpha value is -3.10. The van der Waals surface area contributed by atoms with Crippen LogP contribution >= 0.6 is 0 Å². The van der Waals surface area contributed by atoms with E-state index in [1.54, 1.807) is 19.1 Å². The van der Waals surface area contributed by atoms with Gasteiger partial charge in [0.1, 0.15) is 12.6 Å². The minimum atomic E-state index is -1.18. The highest BCUT2D eigenvalue weighted by molar-refractivity contribution is 5.87. The van der Waals surface area contributed by atoms with E-state index in [4.69, 9.17) is 10.2 Å². The molecule has 0 fully saturated rings. The number of ether oxygens (including phenoxy) is 1. The van der Waals surface area contributed by atoms with Gasteiger partial charge in [0.05, 0.1) is 13.5 Å². The molecule has 154 valence electrons. The van der Waals surface area contributed by atoms with Crippen LogP contribution < -0.4 is 5.32 Å². The van der Waals surface area contributed by atoms with E-state index in [0.29, 0.717) is 18.5 Å². The molecule has 0 aromatic heterocycles. The number of nitrogens with one attached hydrogen (secondary N) is 1. The molecule has 3 N–H and O–H groups in total. The van der Waals surface area contributed by atoms with E-state index in [9.17, 15) is 19.2 Å². The van der Waals surface area contributed by atoms with Gasteiger partial charge in [-0.25, -0.2) is 0 Å². The second kappa shape index (κ2) is 11.6. The number of hydrogen-bond acceptors (Lipinski definition) is 6. The average molecular weight is 394 g/mol. The maximum atomic E-state index is 12.7. The number of para-hydroxylation sites is 1. The normalized spacial score (nSPS) is 11.4. The first-order valence-electron chi connectivity index (χ1n) is 8.88. The van der Waals surface area contributed by atoms with E-state index in [0.717, 1.165) is 10.5 Å². The first-order valence-corrected chi connectivity index (χ1v) is 8.88. The number of aliphatic carboxylic acids is 2. The molecule has 0 radical (unpaired) electrons. The van der Waals surface area contributed by atoms with Gasteiger partial charge in [0.2, 0.25) is 5.91 Å². The van der Waals surface area contributed by atoms with Crippen LogP contribution in [0.1, 0.15) is 31.7 Å². The predicted molar refractivity (Wildman–Crippen MR) is 101 cm³/mol. The summed E-state index contributed by atoms with van der Waals surface area (Å²) in [4.78, 5) is 46.8. The number of rotatable bonds is 12. The van der Waals surface area contributed by atoms with Gasteiger partial charge in [0.15, 0.2) is 0 Å². The Morgan fingerprint density at radius 2 is 1.79 bits per heavy atom. The zero-order valence-corrected chi connectivity index (χ0v) is 16.0. The first kappa shape index (κ1) is 22.9. The first-order chi connectivity index (χ1) is 13.2. The topological polar surface area (TPSA) is 133 Å². The smallest absolute Gasteiger partial charge is 0.323 e. The highest BCUT2D eigenvalue weighted by atomic mass is 16.5. The van der Waals surface area contributed by atoms with Crippen molar-refractivity contribution in [3.8, 4) is 0 Å². The zero-order chi connectivity index (χ0) is 21.1. The molecule has 0 aliphatic carbocycles. The number of esters is 1. The molecule has 1 rings (SSSR count). The molecule has 1 atom stereocenters. The summed E-state index contributed by atoms with van der Waals surface area (Å²) < 4.78 is 4.53. The fourth-order valence-corrected chi connectivity index (χ4v) is 2.64. The van der Waals surface area contributed by atoms with Gasteiger partial charge in [0, 0.05) is 18.7 Å². The second-order valence-electron chi connectivity index (χ2n) is 6.25. The Labute approximate surface area is 163 Å². The summed E-state index contributed by atoms with van der Waals surface area (Å²) in [6.45, 7) is 1.01. The number of hydrogen-bond donors (Lipinski definition) is 3. The summed E-state index contributed by atoms with van der Waals surface area (Å²) in [7, 11) is 1.22. The van der Waals surface area contributed by atoms with Gasteiger partial charge < -0.3 is 25.2 Å². The number of methoxy groups -OCH3 is 1. The Balaban J connectivity index is 2.81. The molecule has 9 heteroatoms. The van der Waals surface area contributed by atoms with Crippen molar-refractivity contribution >= 4 is 29.5 Å². The lowest BCUT2D eigenvalue weighted by molar-refractivity contribution is -0.147. The largest absolute Gasteiger partial charge is 0.481 e. The van der Waals surface area contributed by atoms with E-state index >= 15 is 0 Å².